The van der Waals surface area contributed by atoms with Crippen LogP contribution in [0.1, 0.15) is 24.1 Å². The third-order valence-electron chi connectivity index (χ3n) is 5.64. The van der Waals surface area contributed by atoms with Crippen LogP contribution in [0.5, 0.6) is 5.75 Å². The van der Waals surface area contributed by atoms with E-state index >= 15 is 0 Å². The van der Waals surface area contributed by atoms with E-state index < -0.39 is 10.8 Å². The lowest BCUT2D eigenvalue weighted by Gasteiger charge is -2.34. The maximum Gasteiger partial charge on any atom is 0.123 e. The van der Waals surface area contributed by atoms with Crippen molar-refractivity contribution in [2.75, 3.05) is 31.2 Å². The summed E-state index contributed by atoms with van der Waals surface area (Å²) in [5.41, 5.74) is 5.50. The van der Waals surface area contributed by atoms with E-state index in [-0.39, 0.29) is 20.6 Å². The van der Waals surface area contributed by atoms with Crippen molar-refractivity contribution in [3.8, 4) is 5.75 Å². The van der Waals surface area contributed by atoms with Crippen LogP contribution in [0.25, 0.3) is 0 Å². The van der Waals surface area contributed by atoms with E-state index in [0.29, 0.717) is 6.54 Å². The number of anilines is 2. The van der Waals surface area contributed by atoms with Gasteiger partial charge in [0.05, 0.1) is 38.6 Å². The van der Waals surface area contributed by atoms with Crippen LogP contribution in [-0.2, 0) is 17.3 Å². The third kappa shape index (κ3) is 4.72. The molecule has 0 saturated heterocycles. The van der Waals surface area contributed by atoms with Gasteiger partial charge in [0.25, 0.3) is 0 Å². The second-order valence-corrected chi connectivity index (χ2v) is 9.02. The average Bonchev–Trinajstić information content (AvgIpc) is 2.80. The fourth-order valence-corrected chi connectivity index (χ4v) is 5.37. The summed E-state index contributed by atoms with van der Waals surface area (Å²) >= 11 is 0. The Kier molecular flexibility index (Phi) is 8.07. The molecule has 170 valence electrons. The lowest BCUT2D eigenvalue weighted by molar-refractivity contribution is 0.200. The molecule has 0 aromatic heterocycles. The molecule has 4 rings (SSSR count). The molecule has 2 N–H and O–H groups in total. The first-order valence-electron chi connectivity index (χ1n) is 10.5. The number of hydrogen-bond acceptors (Lipinski definition) is 5. The van der Waals surface area contributed by atoms with Crippen molar-refractivity contribution in [2.45, 2.75) is 37.6 Å². The minimum absolute atomic E-state index is 0. The largest absolute Gasteiger partial charge is 0.491 e. The van der Waals surface area contributed by atoms with Gasteiger partial charge in [-0.15, -0.1) is 0 Å². The number of hydrogen-bond donors (Lipinski definition) is 2. The van der Waals surface area contributed by atoms with E-state index in [9.17, 15) is 4.21 Å². The average molecular weight is 453 g/mol. The zero-order chi connectivity index (χ0) is 21.8. The maximum atomic E-state index is 13.2. The molecule has 6 heteroatoms. The molecular formula is C26H32N2O3S. The van der Waals surface area contributed by atoms with Crippen LogP contribution in [0.3, 0.4) is 0 Å². The van der Waals surface area contributed by atoms with Gasteiger partial charge in [-0.05, 0) is 49.2 Å². The van der Waals surface area contributed by atoms with Crippen molar-refractivity contribution in [3.63, 3.8) is 0 Å². The molecule has 0 aliphatic carbocycles. The number of ether oxygens (including phenoxy) is 1. The van der Waals surface area contributed by atoms with E-state index in [0.717, 1.165) is 45.6 Å². The van der Waals surface area contributed by atoms with Gasteiger partial charge >= 0.3 is 0 Å². The number of nitrogens with one attached hydrogen (secondary N) is 1. The summed E-state index contributed by atoms with van der Waals surface area (Å²) in [6.45, 7) is 6.66. The van der Waals surface area contributed by atoms with Gasteiger partial charge in [0, 0.05) is 25.2 Å². The van der Waals surface area contributed by atoms with E-state index in [1.807, 2.05) is 48.5 Å². The van der Waals surface area contributed by atoms with Crippen LogP contribution >= 0.6 is 0 Å². The quantitative estimate of drug-likeness (QED) is 0.484. The third-order valence-corrected chi connectivity index (χ3v) is 7.11. The summed E-state index contributed by atoms with van der Waals surface area (Å²) in [5, 5.41) is 12.5. The summed E-state index contributed by atoms with van der Waals surface area (Å²) in [6.07, 6.45) is 0. The van der Waals surface area contributed by atoms with Crippen molar-refractivity contribution < 1.29 is 14.1 Å². The minimum Gasteiger partial charge on any atom is -0.491 e. The van der Waals surface area contributed by atoms with Crippen molar-refractivity contribution in [1.29, 1.82) is 0 Å². The summed E-state index contributed by atoms with van der Waals surface area (Å²) in [5.74, 6) is 0.791. The Morgan fingerprint density at radius 2 is 1.75 bits per heavy atom. The Labute approximate surface area is 193 Å². The van der Waals surface area contributed by atoms with E-state index in [2.05, 4.69) is 36.2 Å². The number of para-hydroxylation sites is 2. The number of fused-ring (bicyclic) bond motifs is 2. The summed E-state index contributed by atoms with van der Waals surface area (Å²) in [6, 6.07) is 19.9. The lowest BCUT2D eigenvalue weighted by Crippen LogP contribution is -2.32. The van der Waals surface area contributed by atoms with Crippen molar-refractivity contribution in [1.82, 2.24) is 5.32 Å². The molecule has 3 aromatic carbocycles. The van der Waals surface area contributed by atoms with Gasteiger partial charge in [0.2, 0.25) is 0 Å². The molecule has 1 unspecified atom stereocenters. The molecule has 3 aromatic rings. The maximum absolute atomic E-state index is 13.2. The summed E-state index contributed by atoms with van der Waals surface area (Å²) < 4.78 is 18.8. The van der Waals surface area contributed by atoms with Gasteiger partial charge in [-0.25, -0.2) is 4.21 Å². The van der Waals surface area contributed by atoms with Crippen LogP contribution in [0.2, 0.25) is 0 Å². The van der Waals surface area contributed by atoms with Crippen LogP contribution in [-0.4, -0.2) is 35.6 Å². The highest BCUT2D eigenvalue weighted by Gasteiger charge is 2.29. The van der Waals surface area contributed by atoms with Gasteiger partial charge in [0.1, 0.15) is 12.4 Å². The van der Waals surface area contributed by atoms with Gasteiger partial charge in [0.15, 0.2) is 0 Å². The minimum atomic E-state index is -1.17. The van der Waals surface area contributed by atoms with Crippen LogP contribution in [0.4, 0.5) is 11.4 Å². The molecule has 0 fully saturated rings. The number of nitrogens with zero attached hydrogens (tertiary/aromatic N) is 1. The van der Waals surface area contributed by atoms with Crippen molar-refractivity contribution >= 4 is 22.2 Å². The Hall–Kier alpha value is -2.67. The fourth-order valence-electron chi connectivity index (χ4n) is 3.93. The first-order valence-corrected chi connectivity index (χ1v) is 11.7. The zero-order valence-electron chi connectivity index (χ0n) is 17.9. The van der Waals surface area contributed by atoms with E-state index in [4.69, 9.17) is 9.84 Å². The molecule has 0 amide bonds. The highest BCUT2D eigenvalue weighted by atomic mass is 32.2. The highest BCUT2D eigenvalue weighted by molar-refractivity contribution is 7.85. The normalized spacial score (nSPS) is 14.3. The molecule has 0 radical (unpaired) electrons. The number of aliphatic hydroxyl groups is 1. The smallest absolute Gasteiger partial charge is 0.123 e. The van der Waals surface area contributed by atoms with Gasteiger partial charge in [-0.1, -0.05) is 43.8 Å². The summed E-state index contributed by atoms with van der Waals surface area (Å²) in [4.78, 5) is 4.03. The van der Waals surface area contributed by atoms with Crippen molar-refractivity contribution in [3.05, 3.63) is 77.4 Å². The molecular weight excluding hydrogens is 420 g/mol. The number of aryl methyl sites for hydroxylation is 1. The van der Waals surface area contributed by atoms with E-state index in [1.165, 1.54) is 11.1 Å². The van der Waals surface area contributed by atoms with Gasteiger partial charge in [-0.3, -0.25) is 0 Å². The fraction of sp³-hybridized carbons (Fsp3) is 0.308. The molecule has 0 saturated carbocycles. The molecule has 0 bridgehead atoms. The molecule has 1 aliphatic rings. The monoisotopic (exact) mass is 452 g/mol. The lowest BCUT2D eigenvalue weighted by atomic mass is 10.1. The second-order valence-electron chi connectivity index (χ2n) is 7.60. The Balaban J connectivity index is 0.00000289. The molecule has 1 heterocycles. The topological polar surface area (TPSA) is 61.8 Å². The SMILES string of the molecule is C.Cc1ccc2c(c1C)N(CCNCc1ccccc1OCCO)c1ccccc1S2=O. The molecule has 32 heavy (non-hydrogen) atoms. The molecule has 5 nitrogen and oxygen atoms in total. The summed E-state index contributed by atoms with van der Waals surface area (Å²) in [7, 11) is -1.17. The van der Waals surface area contributed by atoms with Crippen LogP contribution in [0, 0.1) is 13.8 Å². The first-order chi connectivity index (χ1) is 15.1. The molecule has 1 atom stereocenters. The van der Waals surface area contributed by atoms with Crippen LogP contribution < -0.4 is 15.0 Å². The van der Waals surface area contributed by atoms with Crippen molar-refractivity contribution in [2.24, 2.45) is 0 Å². The number of rotatable bonds is 8. The molecule has 1 aliphatic heterocycles. The first kappa shape index (κ1) is 24.0. The predicted molar refractivity (Wildman–Crippen MR) is 131 cm³/mol. The Morgan fingerprint density at radius 3 is 2.56 bits per heavy atom. The highest BCUT2D eigenvalue weighted by Crippen LogP contribution is 2.44. The zero-order valence-corrected chi connectivity index (χ0v) is 18.7. The Morgan fingerprint density at radius 1 is 1.00 bits per heavy atom. The Bertz CT molecular complexity index is 1100. The van der Waals surface area contributed by atoms with E-state index in [1.54, 1.807) is 0 Å². The standard InChI is InChI=1S/C25H28N2O3S.CH4/c1-18-11-12-24-25(19(18)2)27(21-8-4-6-10-23(21)31(24)29)14-13-26-17-20-7-3-5-9-22(20)30-16-15-28;/h3-12,26,28H,13-17H2,1-2H3;1H4. The second kappa shape index (κ2) is 10.8. The number of benzene rings is 3. The van der Waals surface area contributed by atoms with Crippen LogP contribution in [0.15, 0.2) is 70.5 Å². The number of aliphatic hydroxyl groups excluding tert-OH is 1. The molecule has 0 spiro atoms. The predicted octanol–water partition coefficient (Wildman–Crippen LogP) is 4.72. The van der Waals surface area contributed by atoms with Gasteiger partial charge in [-0.2, -0.15) is 0 Å². The van der Waals surface area contributed by atoms with Gasteiger partial charge < -0.3 is 20.1 Å².